The minimum Gasteiger partial charge on any atom is -0.489 e. The molecular formula is C27H32N2O4S. The lowest BCUT2D eigenvalue weighted by atomic mass is 9.81. The summed E-state index contributed by atoms with van der Waals surface area (Å²) < 4.78 is 5.82. The molecule has 2 aromatic carbocycles. The van der Waals surface area contributed by atoms with E-state index in [0.29, 0.717) is 25.3 Å². The Hall–Kier alpha value is -2.80. The third-order valence-electron chi connectivity index (χ3n) is 6.69. The topological polar surface area (TPSA) is 75.7 Å². The summed E-state index contributed by atoms with van der Waals surface area (Å²) in [6, 6.07) is 16.8. The highest BCUT2D eigenvalue weighted by atomic mass is 32.2. The van der Waals surface area contributed by atoms with Crippen molar-refractivity contribution in [3.8, 4) is 5.75 Å². The van der Waals surface area contributed by atoms with Gasteiger partial charge in [0.2, 0.25) is 17.7 Å². The van der Waals surface area contributed by atoms with Crippen LogP contribution in [0.2, 0.25) is 0 Å². The van der Waals surface area contributed by atoms with Crippen LogP contribution in [0.1, 0.15) is 43.2 Å². The quantitative estimate of drug-likeness (QED) is 0.517. The molecule has 0 aromatic heterocycles. The number of hydrogen-bond acceptors (Lipinski definition) is 5. The average Bonchev–Trinajstić information content (AvgIpc) is 3.13. The fraction of sp³-hybridized carbons (Fsp3) is 0.444. The van der Waals surface area contributed by atoms with Crippen molar-refractivity contribution >= 4 is 29.5 Å². The summed E-state index contributed by atoms with van der Waals surface area (Å²) in [6.07, 6.45) is 5.88. The summed E-state index contributed by atoms with van der Waals surface area (Å²) in [7, 11) is 0. The number of nitrogens with zero attached hydrogens (tertiary/aromatic N) is 1. The number of amides is 3. The third-order valence-corrected chi connectivity index (χ3v) is 7.34. The summed E-state index contributed by atoms with van der Waals surface area (Å²) in [6.45, 7) is 0.762. The number of rotatable bonds is 10. The number of fused-ring (bicyclic) bond motifs is 1. The lowest BCUT2D eigenvalue weighted by Crippen LogP contribution is -2.50. The number of imide groups is 1. The van der Waals surface area contributed by atoms with Crippen LogP contribution in [0, 0.1) is 11.8 Å². The standard InChI is InChI=1S/C27H32N2O4S/c1-34-15-14-24(29-26(31)22-12-5-6-13-23(22)27(29)32)25(30)28-17-19-8-7-9-20(16-19)18-33-21-10-3-2-4-11-21/h2-4,7-11,16,22-24H,5-6,12-15,17-18H2,1H3,(H,28,30). The van der Waals surface area contributed by atoms with Gasteiger partial charge in [-0.2, -0.15) is 11.8 Å². The number of hydrogen-bond donors (Lipinski definition) is 1. The van der Waals surface area contributed by atoms with Crippen LogP contribution in [0.5, 0.6) is 5.75 Å². The molecule has 6 nitrogen and oxygen atoms in total. The Labute approximate surface area is 205 Å². The monoisotopic (exact) mass is 480 g/mol. The highest BCUT2D eigenvalue weighted by molar-refractivity contribution is 7.98. The molecule has 0 radical (unpaired) electrons. The van der Waals surface area contributed by atoms with Gasteiger partial charge in [-0.05, 0) is 54.5 Å². The number of ether oxygens (including phenoxy) is 1. The molecule has 1 N–H and O–H groups in total. The van der Waals surface area contributed by atoms with E-state index in [-0.39, 0.29) is 29.6 Å². The molecule has 2 aromatic rings. The van der Waals surface area contributed by atoms with Crippen molar-refractivity contribution in [2.75, 3.05) is 12.0 Å². The largest absolute Gasteiger partial charge is 0.489 e. The van der Waals surface area contributed by atoms with Crippen LogP contribution >= 0.6 is 11.8 Å². The molecule has 2 aliphatic rings. The Morgan fingerprint density at radius 2 is 1.71 bits per heavy atom. The molecule has 0 spiro atoms. The Balaban J connectivity index is 1.39. The number of para-hydroxylation sites is 1. The van der Waals surface area contributed by atoms with Gasteiger partial charge in [0.05, 0.1) is 11.8 Å². The molecule has 3 amide bonds. The summed E-state index contributed by atoms with van der Waals surface area (Å²) >= 11 is 1.61. The van der Waals surface area contributed by atoms with E-state index in [4.69, 9.17) is 4.74 Å². The van der Waals surface area contributed by atoms with Crippen molar-refractivity contribution in [3.63, 3.8) is 0 Å². The fourth-order valence-electron chi connectivity index (χ4n) is 4.92. The number of thioether (sulfide) groups is 1. The van der Waals surface area contributed by atoms with Crippen molar-refractivity contribution in [1.82, 2.24) is 10.2 Å². The summed E-state index contributed by atoms with van der Waals surface area (Å²) in [5.41, 5.74) is 1.95. The Morgan fingerprint density at radius 1 is 1.03 bits per heavy atom. The second-order valence-electron chi connectivity index (χ2n) is 8.98. The first-order valence-corrected chi connectivity index (χ1v) is 13.4. The van der Waals surface area contributed by atoms with Gasteiger partial charge >= 0.3 is 0 Å². The van der Waals surface area contributed by atoms with Crippen LogP contribution in [0.4, 0.5) is 0 Å². The molecule has 3 atom stereocenters. The van der Waals surface area contributed by atoms with E-state index in [0.717, 1.165) is 42.6 Å². The van der Waals surface area contributed by atoms with Crippen molar-refractivity contribution in [2.45, 2.75) is 51.3 Å². The Morgan fingerprint density at radius 3 is 2.38 bits per heavy atom. The predicted molar refractivity (Wildman–Crippen MR) is 133 cm³/mol. The molecule has 180 valence electrons. The predicted octanol–water partition coefficient (Wildman–Crippen LogP) is 4.18. The molecule has 1 saturated heterocycles. The first-order valence-electron chi connectivity index (χ1n) is 12.0. The van der Waals surface area contributed by atoms with E-state index in [9.17, 15) is 14.4 Å². The Bertz CT molecular complexity index is 989. The molecule has 1 saturated carbocycles. The molecule has 7 heteroatoms. The zero-order chi connectivity index (χ0) is 23.9. The van der Waals surface area contributed by atoms with E-state index >= 15 is 0 Å². The Kier molecular flexibility index (Phi) is 8.27. The number of carbonyl (C=O) groups is 3. The van der Waals surface area contributed by atoms with E-state index in [1.807, 2.05) is 60.9 Å². The molecule has 1 heterocycles. The SMILES string of the molecule is CSCCC(C(=O)NCc1cccc(COc2ccccc2)c1)N1C(=O)C2CCCCC2C1=O. The molecule has 4 rings (SSSR count). The first kappa shape index (κ1) is 24.3. The maximum absolute atomic E-state index is 13.2. The summed E-state index contributed by atoms with van der Waals surface area (Å²) in [5, 5.41) is 2.97. The van der Waals surface area contributed by atoms with Gasteiger partial charge in [0.25, 0.3) is 0 Å². The average molecular weight is 481 g/mol. The highest BCUT2D eigenvalue weighted by Crippen LogP contribution is 2.39. The second kappa shape index (κ2) is 11.6. The highest BCUT2D eigenvalue weighted by Gasteiger charge is 2.51. The van der Waals surface area contributed by atoms with Crippen molar-refractivity contribution in [1.29, 1.82) is 0 Å². The van der Waals surface area contributed by atoms with E-state index in [2.05, 4.69) is 5.32 Å². The first-order chi connectivity index (χ1) is 16.6. The maximum Gasteiger partial charge on any atom is 0.243 e. The fourth-order valence-corrected chi connectivity index (χ4v) is 5.38. The minimum atomic E-state index is -0.748. The number of likely N-dealkylation sites (tertiary alicyclic amines) is 1. The molecule has 2 fully saturated rings. The minimum absolute atomic E-state index is 0.156. The third kappa shape index (κ3) is 5.63. The molecule has 0 bridgehead atoms. The van der Waals surface area contributed by atoms with Gasteiger partial charge in [0.15, 0.2) is 0 Å². The molecule has 1 aliphatic heterocycles. The molecule has 1 aliphatic carbocycles. The van der Waals surface area contributed by atoms with E-state index in [1.54, 1.807) is 11.8 Å². The van der Waals surface area contributed by atoms with Crippen molar-refractivity contribution < 1.29 is 19.1 Å². The number of carbonyl (C=O) groups excluding carboxylic acids is 3. The van der Waals surface area contributed by atoms with Gasteiger partial charge in [-0.25, -0.2) is 0 Å². The lowest BCUT2D eigenvalue weighted by molar-refractivity contribution is -0.148. The van der Waals surface area contributed by atoms with Crippen LogP contribution in [0.25, 0.3) is 0 Å². The second-order valence-corrected chi connectivity index (χ2v) is 9.97. The van der Waals surface area contributed by atoms with Gasteiger partial charge < -0.3 is 10.1 Å². The van der Waals surface area contributed by atoms with E-state index in [1.165, 1.54) is 4.90 Å². The van der Waals surface area contributed by atoms with Gasteiger partial charge in [0.1, 0.15) is 18.4 Å². The normalized spacial score (nSPS) is 20.7. The van der Waals surface area contributed by atoms with Crippen LogP contribution in [0.15, 0.2) is 54.6 Å². The van der Waals surface area contributed by atoms with Crippen LogP contribution in [-0.4, -0.2) is 40.7 Å². The number of benzene rings is 2. The molecule has 3 unspecified atom stereocenters. The zero-order valence-electron chi connectivity index (χ0n) is 19.6. The molecular weight excluding hydrogens is 448 g/mol. The van der Waals surface area contributed by atoms with Gasteiger partial charge in [-0.1, -0.05) is 55.3 Å². The summed E-state index contributed by atoms with van der Waals surface area (Å²) in [4.78, 5) is 40.6. The molecule has 34 heavy (non-hydrogen) atoms. The van der Waals surface area contributed by atoms with Gasteiger partial charge in [-0.3, -0.25) is 19.3 Å². The van der Waals surface area contributed by atoms with Gasteiger partial charge in [-0.15, -0.1) is 0 Å². The van der Waals surface area contributed by atoms with Crippen molar-refractivity contribution in [2.24, 2.45) is 11.8 Å². The smallest absolute Gasteiger partial charge is 0.243 e. The van der Waals surface area contributed by atoms with E-state index < -0.39 is 6.04 Å². The van der Waals surface area contributed by atoms with Gasteiger partial charge in [0, 0.05) is 6.54 Å². The van der Waals surface area contributed by atoms with Crippen molar-refractivity contribution in [3.05, 3.63) is 65.7 Å². The van der Waals surface area contributed by atoms with Crippen LogP contribution < -0.4 is 10.1 Å². The number of nitrogens with one attached hydrogen (secondary N) is 1. The lowest BCUT2D eigenvalue weighted by Gasteiger charge is -2.26. The van der Waals surface area contributed by atoms with Crippen LogP contribution in [0.3, 0.4) is 0 Å². The summed E-state index contributed by atoms with van der Waals surface area (Å²) in [5.74, 6) is 0.446. The zero-order valence-corrected chi connectivity index (χ0v) is 20.4. The maximum atomic E-state index is 13.2. The van der Waals surface area contributed by atoms with Crippen LogP contribution in [-0.2, 0) is 27.5 Å².